The molecule has 2 rings (SSSR count). The van der Waals surface area contributed by atoms with Crippen LogP contribution in [-0.2, 0) is 14.8 Å². The number of rotatable bonds is 5. The molecule has 1 aliphatic rings. The minimum absolute atomic E-state index is 0.238. The van der Waals surface area contributed by atoms with E-state index in [1.807, 2.05) is 20.8 Å². The Morgan fingerprint density at radius 3 is 2.41 bits per heavy atom. The number of aryl methyl sites for hydroxylation is 1. The highest BCUT2D eigenvalue weighted by atomic mass is 35.5. The van der Waals surface area contributed by atoms with Gasteiger partial charge >= 0.3 is 6.09 Å². The second-order valence-corrected chi connectivity index (χ2v) is 9.79. The van der Waals surface area contributed by atoms with E-state index in [0.29, 0.717) is 49.9 Å². The molecule has 0 radical (unpaired) electrons. The molecule has 0 aromatic heterocycles. The average Bonchev–Trinajstić information content (AvgIpc) is 2.53. The first-order chi connectivity index (χ1) is 12.5. The number of benzene rings is 1. The third-order valence-corrected chi connectivity index (χ3v) is 6.03. The molecule has 9 heteroatoms. The highest BCUT2D eigenvalue weighted by molar-refractivity contribution is 7.89. The van der Waals surface area contributed by atoms with Crippen molar-refractivity contribution < 1.29 is 17.9 Å². The van der Waals surface area contributed by atoms with Crippen molar-refractivity contribution in [3.8, 4) is 0 Å². The third-order valence-electron chi connectivity index (χ3n) is 4.17. The van der Waals surface area contributed by atoms with Crippen molar-refractivity contribution >= 4 is 27.7 Å². The van der Waals surface area contributed by atoms with Crippen molar-refractivity contribution in [3.63, 3.8) is 0 Å². The number of piperazine rings is 1. The van der Waals surface area contributed by atoms with Gasteiger partial charge in [0.05, 0.1) is 4.90 Å². The van der Waals surface area contributed by atoms with E-state index >= 15 is 0 Å². The number of amides is 1. The first-order valence-corrected chi connectivity index (χ1v) is 10.8. The number of nitrogens with one attached hydrogen (secondary N) is 1. The summed E-state index contributed by atoms with van der Waals surface area (Å²) >= 11 is 5.88. The zero-order chi connectivity index (χ0) is 20.2. The van der Waals surface area contributed by atoms with Crippen LogP contribution in [0.25, 0.3) is 0 Å². The van der Waals surface area contributed by atoms with E-state index in [-0.39, 0.29) is 11.0 Å². The number of carbonyl (C=O) groups excluding carboxylic acids is 1. The van der Waals surface area contributed by atoms with E-state index in [0.717, 1.165) is 0 Å². The highest BCUT2D eigenvalue weighted by Crippen LogP contribution is 2.19. The van der Waals surface area contributed by atoms with Crippen LogP contribution in [0.15, 0.2) is 23.1 Å². The van der Waals surface area contributed by atoms with Crippen LogP contribution in [0.2, 0.25) is 5.02 Å². The second-order valence-electron chi connectivity index (χ2n) is 7.62. The van der Waals surface area contributed by atoms with Gasteiger partial charge in [-0.25, -0.2) is 17.9 Å². The van der Waals surface area contributed by atoms with E-state index in [9.17, 15) is 13.2 Å². The van der Waals surface area contributed by atoms with E-state index in [4.69, 9.17) is 16.3 Å². The molecule has 0 unspecified atom stereocenters. The molecule has 0 spiro atoms. The minimum atomic E-state index is -3.57. The summed E-state index contributed by atoms with van der Waals surface area (Å²) in [6.45, 7) is 10.6. The fourth-order valence-electron chi connectivity index (χ4n) is 2.81. The number of carbonyl (C=O) groups is 1. The predicted octanol–water partition coefficient (Wildman–Crippen LogP) is 2.48. The van der Waals surface area contributed by atoms with E-state index in [1.165, 1.54) is 6.07 Å². The molecule has 1 amide bonds. The minimum Gasteiger partial charge on any atom is -0.444 e. The van der Waals surface area contributed by atoms with Crippen molar-refractivity contribution in [3.05, 3.63) is 28.8 Å². The Labute approximate surface area is 166 Å². The number of hydrogen-bond donors (Lipinski definition) is 1. The zero-order valence-electron chi connectivity index (χ0n) is 16.3. The van der Waals surface area contributed by atoms with Crippen molar-refractivity contribution in [2.75, 3.05) is 39.3 Å². The highest BCUT2D eigenvalue weighted by Gasteiger charge is 2.26. The molecule has 1 saturated heterocycles. The Morgan fingerprint density at radius 2 is 1.85 bits per heavy atom. The summed E-state index contributed by atoms with van der Waals surface area (Å²) in [5.74, 6) is 0. The van der Waals surface area contributed by atoms with E-state index < -0.39 is 15.6 Å². The van der Waals surface area contributed by atoms with Gasteiger partial charge in [-0.1, -0.05) is 11.6 Å². The van der Waals surface area contributed by atoms with Gasteiger partial charge in [-0.3, -0.25) is 4.90 Å². The lowest BCUT2D eigenvalue weighted by molar-refractivity contribution is 0.0147. The van der Waals surface area contributed by atoms with Crippen LogP contribution in [0, 0.1) is 6.92 Å². The van der Waals surface area contributed by atoms with Crippen molar-refractivity contribution in [1.82, 2.24) is 14.5 Å². The molecular formula is C18H28ClN3O4S. The summed E-state index contributed by atoms with van der Waals surface area (Å²) in [6, 6.07) is 4.71. The average molecular weight is 418 g/mol. The molecule has 0 aliphatic carbocycles. The summed E-state index contributed by atoms with van der Waals surface area (Å²) in [5, 5.41) is 0.509. The van der Waals surface area contributed by atoms with Gasteiger partial charge in [-0.15, -0.1) is 0 Å². The van der Waals surface area contributed by atoms with Crippen molar-refractivity contribution in [1.29, 1.82) is 0 Å². The van der Waals surface area contributed by atoms with Crippen LogP contribution < -0.4 is 4.72 Å². The maximum Gasteiger partial charge on any atom is 0.410 e. The normalized spacial score (nSPS) is 16.4. The van der Waals surface area contributed by atoms with Gasteiger partial charge in [-0.05, 0) is 51.5 Å². The molecule has 1 heterocycles. The van der Waals surface area contributed by atoms with Crippen molar-refractivity contribution in [2.45, 2.75) is 38.2 Å². The number of sulfonamides is 1. The second kappa shape index (κ2) is 8.77. The molecule has 0 atom stereocenters. The maximum atomic E-state index is 12.4. The smallest absolute Gasteiger partial charge is 0.410 e. The lowest BCUT2D eigenvalue weighted by Crippen LogP contribution is -2.51. The molecule has 1 fully saturated rings. The fraction of sp³-hybridized carbons (Fsp3) is 0.611. The van der Waals surface area contributed by atoms with Crippen LogP contribution in [0.1, 0.15) is 26.3 Å². The summed E-state index contributed by atoms with van der Waals surface area (Å²) < 4.78 is 32.9. The molecule has 0 saturated carbocycles. The summed E-state index contributed by atoms with van der Waals surface area (Å²) in [6.07, 6.45) is -0.305. The largest absolute Gasteiger partial charge is 0.444 e. The molecule has 7 nitrogen and oxygen atoms in total. The fourth-order valence-corrected chi connectivity index (χ4v) is 4.28. The number of nitrogens with zero attached hydrogens (tertiary/aromatic N) is 2. The molecule has 0 bridgehead atoms. The Morgan fingerprint density at radius 1 is 1.22 bits per heavy atom. The molecule has 27 heavy (non-hydrogen) atoms. The van der Waals surface area contributed by atoms with Gasteiger partial charge in [0.25, 0.3) is 0 Å². The van der Waals surface area contributed by atoms with Gasteiger partial charge < -0.3 is 9.64 Å². The molecular weight excluding hydrogens is 390 g/mol. The lowest BCUT2D eigenvalue weighted by Gasteiger charge is -2.35. The standard InChI is InChI=1S/C18H28ClN3O4S/c1-14-13-15(19)5-6-16(14)27(24,25)20-7-8-21-9-11-22(12-10-21)17(23)26-18(2,3)4/h5-6,13,20H,7-12H2,1-4H3. The Kier molecular flexibility index (Phi) is 7.13. The Hall–Kier alpha value is -1.35. The first-order valence-electron chi connectivity index (χ1n) is 8.94. The summed E-state index contributed by atoms with van der Waals surface area (Å²) in [4.78, 5) is 16.1. The topological polar surface area (TPSA) is 79.0 Å². The number of ether oxygens (including phenoxy) is 1. The lowest BCUT2D eigenvalue weighted by atomic mass is 10.2. The summed E-state index contributed by atoms with van der Waals surface area (Å²) in [7, 11) is -3.57. The molecule has 1 aromatic rings. The van der Waals surface area contributed by atoms with Gasteiger partial charge in [0.1, 0.15) is 5.60 Å². The first kappa shape index (κ1) is 21.9. The quantitative estimate of drug-likeness (QED) is 0.796. The van der Waals surface area contributed by atoms with Crippen molar-refractivity contribution in [2.24, 2.45) is 0 Å². The van der Waals surface area contributed by atoms with Gasteiger partial charge in [0.15, 0.2) is 0 Å². The van der Waals surface area contributed by atoms with Crippen LogP contribution in [0.5, 0.6) is 0 Å². The third kappa shape index (κ3) is 6.64. The van der Waals surface area contributed by atoms with E-state index in [1.54, 1.807) is 24.0 Å². The molecule has 1 aliphatic heterocycles. The maximum absolute atomic E-state index is 12.4. The predicted molar refractivity (Wildman–Crippen MR) is 106 cm³/mol. The van der Waals surface area contributed by atoms with Crippen LogP contribution in [0.4, 0.5) is 4.79 Å². The van der Waals surface area contributed by atoms with Gasteiger partial charge in [0.2, 0.25) is 10.0 Å². The molecule has 152 valence electrons. The molecule has 1 aromatic carbocycles. The van der Waals surface area contributed by atoms with Crippen LogP contribution in [-0.4, -0.2) is 69.2 Å². The number of hydrogen-bond acceptors (Lipinski definition) is 5. The van der Waals surface area contributed by atoms with Gasteiger partial charge in [-0.2, -0.15) is 0 Å². The number of halogens is 1. The zero-order valence-corrected chi connectivity index (χ0v) is 17.9. The van der Waals surface area contributed by atoms with Gasteiger partial charge in [0, 0.05) is 44.3 Å². The molecule has 1 N–H and O–H groups in total. The monoisotopic (exact) mass is 417 g/mol. The van der Waals surface area contributed by atoms with Crippen LogP contribution in [0.3, 0.4) is 0 Å². The Balaban J connectivity index is 1.79. The van der Waals surface area contributed by atoms with Crippen LogP contribution >= 0.6 is 11.6 Å². The summed E-state index contributed by atoms with van der Waals surface area (Å²) in [5.41, 5.74) is 0.104. The SMILES string of the molecule is Cc1cc(Cl)ccc1S(=O)(=O)NCCN1CCN(C(=O)OC(C)(C)C)CC1. The van der Waals surface area contributed by atoms with E-state index in [2.05, 4.69) is 9.62 Å². The Bertz CT molecular complexity index is 769.